The first-order chi connectivity index (χ1) is 7.13. The third-order valence-corrected chi connectivity index (χ3v) is 2.12. The summed E-state index contributed by atoms with van der Waals surface area (Å²) in [6.45, 7) is 0.815. The molecule has 0 radical (unpaired) electrons. The van der Waals surface area contributed by atoms with Gasteiger partial charge < -0.3 is 11.1 Å². The van der Waals surface area contributed by atoms with Gasteiger partial charge in [0.15, 0.2) is 0 Å². The zero-order valence-corrected chi connectivity index (χ0v) is 8.85. The lowest BCUT2D eigenvalue weighted by Gasteiger charge is -2.04. The van der Waals surface area contributed by atoms with Gasteiger partial charge in [-0.1, -0.05) is 17.7 Å². The molecular formula is C10H12ClFN2O. The van der Waals surface area contributed by atoms with Crippen LogP contribution in [0.4, 0.5) is 4.39 Å². The summed E-state index contributed by atoms with van der Waals surface area (Å²) in [4.78, 5) is 11.2. The summed E-state index contributed by atoms with van der Waals surface area (Å²) in [6.07, 6.45) is 0.133. The molecule has 0 spiro atoms. The van der Waals surface area contributed by atoms with E-state index >= 15 is 0 Å². The molecule has 0 aromatic heterocycles. The third-order valence-electron chi connectivity index (χ3n) is 1.82. The second-order valence-electron chi connectivity index (χ2n) is 3.06. The first kappa shape index (κ1) is 11.9. The molecule has 0 fully saturated rings. The Hall–Kier alpha value is -1.13. The summed E-state index contributed by atoms with van der Waals surface area (Å²) in [5.74, 6) is -0.692. The molecule has 5 heteroatoms. The number of rotatable bonds is 4. The number of nitrogens with one attached hydrogen (secondary N) is 1. The van der Waals surface area contributed by atoms with E-state index in [0.717, 1.165) is 0 Å². The molecule has 0 saturated carbocycles. The maximum Gasteiger partial charge on any atom is 0.224 e. The second kappa shape index (κ2) is 5.68. The molecular weight excluding hydrogens is 219 g/mol. The Morgan fingerprint density at radius 1 is 1.53 bits per heavy atom. The average molecular weight is 231 g/mol. The van der Waals surface area contributed by atoms with Gasteiger partial charge in [-0.05, 0) is 17.7 Å². The quantitative estimate of drug-likeness (QED) is 0.814. The summed E-state index contributed by atoms with van der Waals surface area (Å²) in [5, 5.41) is 2.65. The van der Waals surface area contributed by atoms with E-state index in [1.165, 1.54) is 12.1 Å². The first-order valence-corrected chi connectivity index (χ1v) is 4.92. The van der Waals surface area contributed by atoms with Crippen molar-refractivity contribution in [3.05, 3.63) is 34.6 Å². The highest BCUT2D eigenvalue weighted by Crippen LogP contribution is 2.15. The molecule has 1 aromatic carbocycles. The summed E-state index contributed by atoms with van der Waals surface area (Å²) >= 11 is 5.51. The molecule has 0 atom stereocenters. The van der Waals surface area contributed by atoms with Gasteiger partial charge in [0.25, 0.3) is 0 Å². The molecule has 1 amide bonds. The number of carbonyl (C=O) groups excluding carboxylic acids is 1. The smallest absolute Gasteiger partial charge is 0.224 e. The van der Waals surface area contributed by atoms with Crippen LogP contribution in [0.1, 0.15) is 5.56 Å². The first-order valence-electron chi connectivity index (χ1n) is 4.54. The maximum atomic E-state index is 13.0. The molecule has 0 aliphatic carbocycles. The average Bonchev–Trinajstić information content (AvgIpc) is 2.20. The number of nitrogens with two attached hydrogens (primary N) is 1. The van der Waals surface area contributed by atoms with Crippen molar-refractivity contribution in [2.24, 2.45) is 5.73 Å². The normalized spacial score (nSPS) is 10.1. The van der Waals surface area contributed by atoms with Crippen molar-refractivity contribution in [3.8, 4) is 0 Å². The van der Waals surface area contributed by atoms with E-state index in [1.807, 2.05) is 0 Å². The fourth-order valence-electron chi connectivity index (χ4n) is 1.11. The number of hydrogen-bond donors (Lipinski definition) is 2. The Labute approximate surface area is 92.4 Å². The molecule has 1 aromatic rings. The summed E-state index contributed by atoms with van der Waals surface area (Å²) in [6, 6.07) is 4.31. The number of benzene rings is 1. The number of halogens is 2. The molecule has 0 bridgehead atoms. The maximum absolute atomic E-state index is 13.0. The van der Waals surface area contributed by atoms with Crippen LogP contribution in [0.15, 0.2) is 18.2 Å². The van der Waals surface area contributed by atoms with Gasteiger partial charge in [0.1, 0.15) is 5.82 Å². The van der Waals surface area contributed by atoms with Crippen molar-refractivity contribution in [2.45, 2.75) is 6.42 Å². The number of hydrogen-bond acceptors (Lipinski definition) is 2. The Bertz CT molecular complexity index is 357. The lowest BCUT2D eigenvalue weighted by molar-refractivity contribution is -0.120. The summed E-state index contributed by atoms with van der Waals surface area (Å²) < 4.78 is 13.0. The second-order valence-corrected chi connectivity index (χ2v) is 3.47. The van der Waals surface area contributed by atoms with Crippen molar-refractivity contribution in [2.75, 3.05) is 13.1 Å². The predicted octanol–water partition coefficient (Wildman–Crippen LogP) is 1.10. The van der Waals surface area contributed by atoms with Crippen LogP contribution in [0, 0.1) is 5.82 Å². The van der Waals surface area contributed by atoms with Gasteiger partial charge in [0, 0.05) is 13.1 Å². The zero-order valence-electron chi connectivity index (χ0n) is 8.09. The number of amides is 1. The van der Waals surface area contributed by atoms with Crippen LogP contribution in [-0.4, -0.2) is 19.0 Å². The Balaban J connectivity index is 2.57. The minimum atomic E-state index is -0.513. The zero-order chi connectivity index (χ0) is 11.3. The van der Waals surface area contributed by atoms with E-state index in [4.69, 9.17) is 17.3 Å². The standard InChI is InChI=1S/C10H12ClFN2O/c11-8-2-1-7(5-9(8)12)6-10(15)14-4-3-13/h1-2,5H,3-4,6,13H2,(H,14,15). The lowest BCUT2D eigenvalue weighted by atomic mass is 10.1. The number of carbonyl (C=O) groups is 1. The Morgan fingerprint density at radius 3 is 2.87 bits per heavy atom. The predicted molar refractivity (Wildman–Crippen MR) is 57.2 cm³/mol. The third kappa shape index (κ3) is 3.85. The lowest BCUT2D eigenvalue weighted by Crippen LogP contribution is -2.30. The van der Waals surface area contributed by atoms with Gasteiger partial charge in [-0.15, -0.1) is 0 Å². The topological polar surface area (TPSA) is 55.1 Å². The van der Waals surface area contributed by atoms with Gasteiger partial charge in [-0.25, -0.2) is 4.39 Å². The van der Waals surface area contributed by atoms with Crippen LogP contribution in [-0.2, 0) is 11.2 Å². The molecule has 15 heavy (non-hydrogen) atoms. The Morgan fingerprint density at radius 2 is 2.27 bits per heavy atom. The molecule has 3 nitrogen and oxygen atoms in total. The highest BCUT2D eigenvalue weighted by Gasteiger charge is 2.05. The van der Waals surface area contributed by atoms with Crippen LogP contribution in [0.25, 0.3) is 0 Å². The molecule has 0 unspecified atom stereocenters. The SMILES string of the molecule is NCCNC(=O)Cc1ccc(Cl)c(F)c1. The van der Waals surface area contributed by atoms with Gasteiger partial charge in [0.05, 0.1) is 11.4 Å². The van der Waals surface area contributed by atoms with Gasteiger partial charge in [-0.2, -0.15) is 0 Å². The van der Waals surface area contributed by atoms with Gasteiger partial charge >= 0.3 is 0 Å². The van der Waals surface area contributed by atoms with E-state index < -0.39 is 5.82 Å². The summed E-state index contributed by atoms with van der Waals surface area (Å²) in [7, 11) is 0. The van der Waals surface area contributed by atoms with Gasteiger partial charge in [0.2, 0.25) is 5.91 Å². The molecule has 0 saturated heterocycles. The molecule has 1 rings (SSSR count). The van der Waals surface area contributed by atoms with Crippen molar-refractivity contribution >= 4 is 17.5 Å². The van der Waals surface area contributed by atoms with E-state index in [9.17, 15) is 9.18 Å². The largest absolute Gasteiger partial charge is 0.355 e. The van der Waals surface area contributed by atoms with Crippen LogP contribution in [0.3, 0.4) is 0 Å². The highest BCUT2D eigenvalue weighted by atomic mass is 35.5. The fraction of sp³-hybridized carbons (Fsp3) is 0.300. The van der Waals surface area contributed by atoms with E-state index in [1.54, 1.807) is 6.07 Å². The van der Waals surface area contributed by atoms with Crippen molar-refractivity contribution < 1.29 is 9.18 Å². The van der Waals surface area contributed by atoms with Crippen LogP contribution in [0.2, 0.25) is 5.02 Å². The fourth-order valence-corrected chi connectivity index (χ4v) is 1.23. The Kier molecular flexibility index (Phi) is 4.52. The summed E-state index contributed by atoms with van der Waals surface area (Å²) in [5.41, 5.74) is 5.81. The van der Waals surface area contributed by atoms with Gasteiger partial charge in [-0.3, -0.25) is 4.79 Å². The molecule has 3 N–H and O–H groups in total. The van der Waals surface area contributed by atoms with E-state index in [2.05, 4.69) is 5.32 Å². The van der Waals surface area contributed by atoms with Crippen LogP contribution in [0.5, 0.6) is 0 Å². The van der Waals surface area contributed by atoms with Crippen molar-refractivity contribution in [1.29, 1.82) is 0 Å². The van der Waals surface area contributed by atoms with Crippen molar-refractivity contribution in [3.63, 3.8) is 0 Å². The molecule has 82 valence electrons. The minimum absolute atomic E-state index is 0.0566. The molecule has 0 heterocycles. The minimum Gasteiger partial charge on any atom is -0.355 e. The van der Waals surface area contributed by atoms with Crippen molar-refractivity contribution in [1.82, 2.24) is 5.32 Å². The van der Waals surface area contributed by atoms with Crippen LogP contribution < -0.4 is 11.1 Å². The van der Waals surface area contributed by atoms with E-state index in [-0.39, 0.29) is 17.4 Å². The monoisotopic (exact) mass is 230 g/mol. The molecule has 0 aliphatic rings. The van der Waals surface area contributed by atoms with Crippen LogP contribution >= 0.6 is 11.6 Å². The molecule has 0 aliphatic heterocycles. The van der Waals surface area contributed by atoms with E-state index in [0.29, 0.717) is 18.7 Å². The highest BCUT2D eigenvalue weighted by molar-refractivity contribution is 6.30.